The van der Waals surface area contributed by atoms with E-state index in [1.165, 1.54) is 102 Å². The lowest BCUT2D eigenvalue weighted by atomic mass is 9.48. The Morgan fingerprint density at radius 1 is 0.643 bits per heavy atom. The lowest BCUT2D eigenvalue weighted by Gasteiger charge is -2.56. The van der Waals surface area contributed by atoms with Crippen LogP contribution in [0.4, 0.5) is 0 Å². The van der Waals surface area contributed by atoms with E-state index in [4.69, 9.17) is 33.2 Å². The summed E-state index contributed by atoms with van der Waals surface area (Å²) in [4.78, 5) is 11.6. The third-order valence-corrected chi connectivity index (χ3v) is 20.6. The molecule has 9 N–H and O–H groups in total. The highest BCUT2D eigenvalue weighted by Gasteiger charge is 2.52. The van der Waals surface area contributed by atoms with Crippen LogP contribution in [0.25, 0.3) is 54.7 Å². The topological polar surface area (TPSA) is 132 Å². The average molecular weight is 1190 g/mol. The molecule has 4 bridgehead atoms. The van der Waals surface area contributed by atoms with Gasteiger partial charge < -0.3 is 31.1 Å². The summed E-state index contributed by atoms with van der Waals surface area (Å²) in [6, 6.07) is 46.8. The van der Waals surface area contributed by atoms with Gasteiger partial charge in [-0.05, 0) is 184 Å². The number of hydrogen-bond donors (Lipinski definition) is 5. The van der Waals surface area contributed by atoms with Crippen molar-refractivity contribution in [1.29, 1.82) is 0 Å². The second kappa shape index (κ2) is 27.6. The van der Waals surface area contributed by atoms with Crippen LogP contribution >= 0.6 is 35.0 Å². The Labute approximate surface area is 514 Å². The number of fused-ring (bicyclic) bond motifs is 5. The van der Waals surface area contributed by atoms with E-state index < -0.39 is 12.2 Å². The van der Waals surface area contributed by atoms with E-state index in [-0.39, 0.29) is 39.8 Å². The van der Waals surface area contributed by atoms with E-state index in [1.807, 2.05) is 42.5 Å². The predicted octanol–water partition coefficient (Wildman–Crippen LogP) is 15.1. The van der Waals surface area contributed by atoms with Gasteiger partial charge >= 0.3 is 0 Å². The molecule has 84 heavy (non-hydrogen) atoms. The largest absolute Gasteiger partial charge is 0.382 e. The molecule has 0 radical (unpaired) electrons. The van der Waals surface area contributed by atoms with Gasteiger partial charge in [-0.15, -0.1) is 11.8 Å². The maximum Gasteiger partial charge on any atom is 0.131 e. The van der Waals surface area contributed by atoms with Gasteiger partial charge in [0.05, 0.1) is 41.4 Å². The van der Waals surface area contributed by atoms with Crippen molar-refractivity contribution in [2.75, 3.05) is 25.9 Å². The van der Waals surface area contributed by atoms with Crippen LogP contribution in [0.2, 0.25) is 10.0 Å². The summed E-state index contributed by atoms with van der Waals surface area (Å²) in [5.41, 5.74) is 17.7. The fourth-order valence-corrected chi connectivity index (χ4v) is 16.5. The van der Waals surface area contributed by atoms with Crippen LogP contribution in [0.3, 0.4) is 0 Å². The molecule has 6 aliphatic rings. The summed E-state index contributed by atoms with van der Waals surface area (Å²) in [5.74, 6) is 2.63. The van der Waals surface area contributed by atoms with Crippen LogP contribution in [0.1, 0.15) is 151 Å². The summed E-state index contributed by atoms with van der Waals surface area (Å²) < 4.78 is 2.38. The van der Waals surface area contributed by atoms with Crippen molar-refractivity contribution >= 4 is 78.4 Å². The first kappa shape index (κ1) is 63.2. The van der Waals surface area contributed by atoms with Gasteiger partial charge in [0.25, 0.3) is 0 Å². The molecule has 3 aromatic heterocycles. The zero-order chi connectivity index (χ0) is 55.8. The van der Waals surface area contributed by atoms with Gasteiger partial charge in [-0.1, -0.05) is 130 Å². The number of pyridine rings is 2. The number of benzene rings is 6. The van der Waals surface area contributed by atoms with E-state index in [9.17, 15) is 10.2 Å². The van der Waals surface area contributed by atoms with Crippen LogP contribution < -0.4 is 16.4 Å². The van der Waals surface area contributed by atoms with E-state index in [1.54, 1.807) is 11.8 Å². The molecular formula is C73H93Cl2N6O2S+3. The number of rotatable bonds is 11. The minimum absolute atomic E-state index is 0. The first-order valence-corrected chi connectivity index (χ1v) is 32.2. The molecule has 8 nitrogen and oxygen atoms in total. The molecule has 444 valence electrons. The Hall–Kier alpha value is -5.33. The molecule has 6 aromatic carbocycles. The lowest BCUT2D eigenvalue weighted by molar-refractivity contribution is -0.705. The number of aliphatic hydroxyl groups excluding tert-OH is 2. The highest BCUT2D eigenvalue weighted by molar-refractivity contribution is 7.98. The van der Waals surface area contributed by atoms with Gasteiger partial charge in [-0.3, -0.25) is 4.98 Å². The molecule has 2 aliphatic heterocycles. The van der Waals surface area contributed by atoms with Crippen molar-refractivity contribution < 1.29 is 26.6 Å². The van der Waals surface area contributed by atoms with Crippen molar-refractivity contribution in [3.05, 3.63) is 183 Å². The number of thioether (sulfide) groups is 1. The number of quaternary nitrogens is 3. The van der Waals surface area contributed by atoms with E-state index in [2.05, 4.69) is 132 Å². The van der Waals surface area contributed by atoms with Gasteiger partial charge in [0.1, 0.15) is 24.3 Å². The van der Waals surface area contributed by atoms with Crippen LogP contribution in [-0.2, 0) is 18.4 Å². The van der Waals surface area contributed by atoms with Crippen LogP contribution in [0.15, 0.2) is 138 Å². The first-order chi connectivity index (χ1) is 39.5. The molecular weight excluding hydrogens is 1100 g/mol. The van der Waals surface area contributed by atoms with Crippen molar-refractivity contribution in [2.45, 2.75) is 161 Å². The second-order valence-corrected chi connectivity index (χ2v) is 26.3. The highest BCUT2D eigenvalue weighted by Crippen LogP contribution is 2.61. The third kappa shape index (κ3) is 12.9. The zero-order valence-corrected chi connectivity index (χ0v) is 49.9. The molecule has 0 unspecified atom stereocenters. The number of nitrogens with two attached hydrogens (primary N) is 2. The minimum atomic E-state index is -0.491. The van der Waals surface area contributed by atoms with Crippen molar-refractivity contribution in [2.24, 2.45) is 17.8 Å². The number of aromatic nitrogens is 3. The minimum Gasteiger partial charge on any atom is -0.382 e. The Bertz CT molecular complexity index is 3670. The van der Waals surface area contributed by atoms with E-state index in [0.29, 0.717) is 0 Å². The molecule has 11 heteroatoms. The Morgan fingerprint density at radius 3 is 1.90 bits per heavy atom. The number of nitrogens with zero attached hydrogens (tertiary/aromatic N) is 3. The number of aryl methyl sites for hydroxylation is 1. The molecule has 2 saturated heterocycles. The highest BCUT2D eigenvalue weighted by atomic mass is 35.5. The third-order valence-electron chi connectivity index (χ3n) is 19.2. The van der Waals surface area contributed by atoms with Crippen molar-refractivity contribution in [1.82, 2.24) is 14.5 Å². The normalized spacial score (nSPS) is 22.2. The SMILES string of the molecule is C.C.C.CSc1ccc2c(c1)c(CC[NH3+])c(C)n2Cc1ccccc1Cl.Cc1cc(Cl)c2nc(C34CC5CC(CC(C5)C3)C4)cc([C@H](O)[C@H]3CCCC[NH2+]3)c2c1.O[C@@H](c1cc(-c2ccccc2)nc2c1ccc1ccccc12)[C@H]1CCCC[NH2+]1. The van der Waals surface area contributed by atoms with Crippen LogP contribution in [0.5, 0.6) is 0 Å². The fraction of sp³-hybridized carbons (Fsp3) is 0.425. The number of piperidine rings is 2. The van der Waals surface area contributed by atoms with E-state index in [0.717, 1.165) is 134 Å². The predicted molar refractivity (Wildman–Crippen MR) is 355 cm³/mol. The van der Waals surface area contributed by atoms with Gasteiger partial charge in [-0.25, -0.2) is 4.98 Å². The molecule has 0 spiro atoms. The number of aliphatic hydroxyl groups is 2. The summed E-state index contributed by atoms with van der Waals surface area (Å²) in [7, 11) is 0. The second-order valence-electron chi connectivity index (χ2n) is 24.6. The fourth-order valence-electron chi connectivity index (χ4n) is 15.5. The number of halogens is 2. The Morgan fingerprint density at radius 2 is 1.27 bits per heavy atom. The molecule has 4 atom stereocenters. The van der Waals surface area contributed by atoms with E-state index >= 15 is 0 Å². The molecule has 15 rings (SSSR count). The first-order valence-electron chi connectivity index (χ1n) is 30.2. The van der Waals surface area contributed by atoms with Gasteiger partial charge in [0, 0.05) is 85.2 Å². The van der Waals surface area contributed by atoms with Crippen molar-refractivity contribution in [3.8, 4) is 11.3 Å². The molecule has 0 amide bonds. The maximum atomic E-state index is 11.5. The smallest absolute Gasteiger partial charge is 0.131 e. The van der Waals surface area contributed by atoms with Crippen LogP contribution in [0, 0.1) is 31.6 Å². The summed E-state index contributed by atoms with van der Waals surface area (Å²) in [5, 5.41) is 34.9. The number of hydrogen-bond acceptors (Lipinski definition) is 5. The zero-order valence-electron chi connectivity index (χ0n) is 47.5. The van der Waals surface area contributed by atoms with Gasteiger partial charge in [0.2, 0.25) is 0 Å². The van der Waals surface area contributed by atoms with Crippen molar-refractivity contribution in [3.63, 3.8) is 0 Å². The summed E-state index contributed by atoms with van der Waals surface area (Å²) in [6.45, 7) is 8.22. The Kier molecular flexibility index (Phi) is 20.7. The Balaban J connectivity index is 0.000000150. The summed E-state index contributed by atoms with van der Waals surface area (Å²) in [6.07, 6.45) is 17.3. The monoisotopic (exact) mass is 1190 g/mol. The lowest BCUT2D eigenvalue weighted by Crippen LogP contribution is -2.92. The summed E-state index contributed by atoms with van der Waals surface area (Å²) >= 11 is 14.9. The van der Waals surface area contributed by atoms with Crippen LogP contribution in [-0.4, -0.2) is 62.7 Å². The molecule has 4 saturated carbocycles. The standard InChI is InChI=1S/C26H33ClN2O.C25H24N2O.C19H21ClN2S.3CH4/c1-15-6-19-20(25(30)22-4-2-3-5-28-22)11-23(29-24(19)21(27)7-15)26-12-16-8-17(13-26)10-18(9-16)14-26;28-25(22-12-6-7-15-26-22)21-16-23(18-9-2-1-3-10-18)27-24-19-11-5-4-8-17(19)13-14-20(21)24;1-13-16(9-10-21)17-11-15(23-2)7-8-19(17)22(13)12-14-5-3-4-6-18(14)20;;;/h6-7,11,16-18,22,25,28,30H,2-5,8-10,12-14H2,1H3;1-5,8-11,13-14,16,22,25-26,28H,6-7,12,15H2;3-8,11H,9-10,12,21H2,1-2H3;3*1H4/p+3/t16?,17?,18?,22-,25+,26?;22-,25+;;;;/m11..../s1. The van der Waals surface area contributed by atoms with Gasteiger partial charge in [-0.2, -0.15) is 0 Å². The molecule has 6 fully saturated rings. The molecule has 5 heterocycles. The quantitative estimate of drug-likeness (QED) is 0.0650. The maximum absolute atomic E-state index is 11.5. The molecule has 9 aromatic rings. The van der Waals surface area contributed by atoms with Gasteiger partial charge in [0.15, 0.2) is 0 Å². The molecule has 4 aliphatic carbocycles. The average Bonchev–Trinajstić information content (AvgIpc) is 1.27.